The van der Waals surface area contributed by atoms with E-state index in [4.69, 9.17) is 19.3 Å². The van der Waals surface area contributed by atoms with Crippen LogP contribution in [0.15, 0.2) is 48.1 Å². The van der Waals surface area contributed by atoms with Crippen LogP contribution in [-0.4, -0.2) is 42.3 Å². The highest BCUT2D eigenvalue weighted by molar-refractivity contribution is 5.99. The number of rotatable bonds is 15. The average molecular weight is 471 g/mol. The number of methoxy groups -OCH3 is 1. The largest absolute Gasteiger partial charge is 0.497 e. The Hall–Kier alpha value is -2.44. The maximum atomic E-state index is 12.9. The first-order valence-electron chi connectivity index (χ1n) is 12.5. The molecule has 1 N–H and O–H groups in total. The number of epoxide rings is 1. The zero-order valence-corrected chi connectivity index (χ0v) is 20.4. The molecule has 2 aliphatic rings. The second kappa shape index (κ2) is 13.4. The van der Waals surface area contributed by atoms with Gasteiger partial charge < -0.3 is 19.3 Å². The van der Waals surface area contributed by atoms with Crippen LogP contribution >= 0.6 is 0 Å². The number of carbonyl (C=O) groups excluding carboxylic acids is 1. The lowest BCUT2D eigenvalue weighted by molar-refractivity contribution is -0.137. The number of carbonyl (C=O) groups is 2. The molecule has 1 heterocycles. The predicted molar refractivity (Wildman–Crippen MR) is 131 cm³/mol. The molecule has 0 spiro atoms. The summed E-state index contributed by atoms with van der Waals surface area (Å²) in [5.41, 5.74) is 1.85. The normalized spacial score (nSPS) is 25.4. The Labute approximate surface area is 203 Å². The van der Waals surface area contributed by atoms with Gasteiger partial charge >= 0.3 is 5.97 Å². The molecule has 0 amide bonds. The highest BCUT2D eigenvalue weighted by Gasteiger charge is 2.42. The van der Waals surface area contributed by atoms with Crippen molar-refractivity contribution < 1.29 is 28.9 Å². The number of hydrogen-bond acceptors (Lipinski definition) is 5. The van der Waals surface area contributed by atoms with Gasteiger partial charge in [0, 0.05) is 18.8 Å². The second-order valence-corrected chi connectivity index (χ2v) is 9.18. The van der Waals surface area contributed by atoms with E-state index in [0.717, 1.165) is 29.7 Å². The van der Waals surface area contributed by atoms with Crippen molar-refractivity contribution >= 4 is 11.8 Å². The van der Waals surface area contributed by atoms with Crippen molar-refractivity contribution in [2.24, 2.45) is 5.92 Å². The van der Waals surface area contributed by atoms with Gasteiger partial charge in [-0.1, -0.05) is 44.1 Å². The van der Waals surface area contributed by atoms with Gasteiger partial charge in [0.1, 0.15) is 11.9 Å². The fourth-order valence-electron chi connectivity index (χ4n) is 4.48. The first-order chi connectivity index (χ1) is 16.5. The summed E-state index contributed by atoms with van der Waals surface area (Å²) in [7, 11) is 1.64. The van der Waals surface area contributed by atoms with Crippen LogP contribution in [0.1, 0.15) is 70.3 Å². The number of carboxylic acid groups (broad SMARTS) is 1. The van der Waals surface area contributed by atoms with Crippen LogP contribution in [0.5, 0.6) is 5.75 Å². The van der Waals surface area contributed by atoms with Gasteiger partial charge in [-0.2, -0.15) is 0 Å². The molecular weight excluding hydrogens is 432 g/mol. The molecule has 186 valence electrons. The van der Waals surface area contributed by atoms with Crippen molar-refractivity contribution in [2.75, 3.05) is 7.11 Å². The summed E-state index contributed by atoms with van der Waals surface area (Å²) in [6, 6.07) is 7.79. The van der Waals surface area contributed by atoms with E-state index in [1.165, 1.54) is 19.3 Å². The smallest absolute Gasteiger partial charge is 0.303 e. The molecule has 1 aromatic rings. The molecule has 34 heavy (non-hydrogen) atoms. The minimum atomic E-state index is -0.788. The number of ketones is 1. The number of carboxylic acids is 1. The fourth-order valence-corrected chi connectivity index (χ4v) is 4.48. The Balaban J connectivity index is 1.61. The predicted octanol–water partition coefficient (Wildman–Crippen LogP) is 5.64. The average Bonchev–Trinajstić information content (AvgIpc) is 3.50. The van der Waals surface area contributed by atoms with Crippen molar-refractivity contribution in [3.63, 3.8) is 0 Å². The molecule has 0 unspecified atom stereocenters. The highest BCUT2D eigenvalue weighted by Crippen LogP contribution is 2.38. The fraction of sp³-hybridized carbons (Fsp3) is 0.571. The lowest BCUT2D eigenvalue weighted by Gasteiger charge is -2.19. The minimum Gasteiger partial charge on any atom is -0.497 e. The van der Waals surface area contributed by atoms with Crippen LogP contribution in [-0.2, 0) is 25.7 Å². The molecule has 1 aliphatic heterocycles. The number of aliphatic carboxylic acids is 1. The minimum absolute atomic E-state index is 0.0112. The molecule has 1 aliphatic carbocycles. The first-order valence-corrected chi connectivity index (χ1v) is 12.5. The number of Topliss-reactive ketones (excluding diaryl/α,β-unsaturated/α-hetero) is 1. The Bertz CT molecular complexity index is 856. The van der Waals surface area contributed by atoms with Crippen molar-refractivity contribution in [3.05, 3.63) is 53.6 Å². The standard InChI is InChI=1S/C28H38O6/c1-3-4-5-6-7-8-10-22-23(17-27-25(34-27)11-9-12-28(30)31)24(29)18-26(22)33-19-20-13-15-21(32-2)16-14-20/h7-8,13-17,22,25-27H,3-6,9-12,18-19H2,1-2H3,(H,30,31)/b8-7-,23-17+/t22-,25-,26+,27-/m1/s1. The van der Waals surface area contributed by atoms with E-state index in [2.05, 4.69) is 19.1 Å². The third kappa shape index (κ3) is 8.10. The molecule has 0 radical (unpaired) electrons. The number of ether oxygens (including phenoxy) is 3. The summed E-state index contributed by atoms with van der Waals surface area (Å²) in [6.07, 6.45) is 13.4. The van der Waals surface area contributed by atoms with E-state index in [0.29, 0.717) is 25.9 Å². The van der Waals surface area contributed by atoms with Crippen molar-refractivity contribution in [2.45, 2.75) is 89.6 Å². The third-order valence-corrected chi connectivity index (χ3v) is 6.56. The Morgan fingerprint density at radius 2 is 1.97 bits per heavy atom. The SMILES string of the molecule is CCCCC/C=C\C[C@@H]1/C(=C\[C@H]2O[C@@H]2CCCC(=O)O)C(=O)C[C@@H]1OCc1ccc(OC)cc1. The number of allylic oxidation sites excluding steroid dienone is 2. The summed E-state index contributed by atoms with van der Waals surface area (Å²) in [6.45, 7) is 2.65. The van der Waals surface area contributed by atoms with E-state index in [9.17, 15) is 9.59 Å². The van der Waals surface area contributed by atoms with Gasteiger partial charge in [0.2, 0.25) is 0 Å². The summed E-state index contributed by atoms with van der Waals surface area (Å²) >= 11 is 0. The van der Waals surface area contributed by atoms with Gasteiger partial charge in [0.25, 0.3) is 0 Å². The van der Waals surface area contributed by atoms with Gasteiger partial charge in [0.05, 0.1) is 25.9 Å². The summed E-state index contributed by atoms with van der Waals surface area (Å²) in [5, 5.41) is 8.83. The Morgan fingerprint density at radius 3 is 2.68 bits per heavy atom. The third-order valence-electron chi connectivity index (χ3n) is 6.56. The highest BCUT2D eigenvalue weighted by atomic mass is 16.6. The Morgan fingerprint density at radius 1 is 1.18 bits per heavy atom. The monoisotopic (exact) mass is 470 g/mol. The molecule has 1 aromatic carbocycles. The molecule has 6 nitrogen and oxygen atoms in total. The molecular formula is C28H38O6. The quantitative estimate of drug-likeness (QED) is 0.154. The molecule has 2 fully saturated rings. The summed E-state index contributed by atoms with van der Waals surface area (Å²) in [5.74, 6) is 0.156. The molecule has 1 saturated carbocycles. The van der Waals surface area contributed by atoms with Crippen LogP contribution in [0.4, 0.5) is 0 Å². The van der Waals surface area contributed by atoms with Crippen molar-refractivity contribution in [3.8, 4) is 5.75 Å². The first kappa shape index (κ1) is 26.2. The molecule has 0 bridgehead atoms. The lowest BCUT2D eigenvalue weighted by atomic mass is 9.94. The van der Waals surface area contributed by atoms with Crippen LogP contribution in [0.3, 0.4) is 0 Å². The molecule has 1 saturated heterocycles. The van der Waals surface area contributed by atoms with Crippen LogP contribution in [0.25, 0.3) is 0 Å². The van der Waals surface area contributed by atoms with E-state index in [1.54, 1.807) is 7.11 Å². The maximum Gasteiger partial charge on any atom is 0.303 e. The molecule has 0 aromatic heterocycles. The maximum absolute atomic E-state index is 12.9. The zero-order chi connectivity index (χ0) is 24.3. The van der Waals surface area contributed by atoms with Gasteiger partial charge in [-0.15, -0.1) is 0 Å². The zero-order valence-electron chi connectivity index (χ0n) is 20.4. The van der Waals surface area contributed by atoms with Gasteiger partial charge in [-0.3, -0.25) is 9.59 Å². The number of unbranched alkanes of at least 4 members (excludes halogenated alkanes) is 3. The van der Waals surface area contributed by atoms with Crippen LogP contribution in [0.2, 0.25) is 0 Å². The van der Waals surface area contributed by atoms with E-state index >= 15 is 0 Å². The van der Waals surface area contributed by atoms with Crippen LogP contribution in [0, 0.1) is 5.92 Å². The molecule has 3 rings (SSSR count). The summed E-state index contributed by atoms with van der Waals surface area (Å²) < 4.78 is 17.2. The topological polar surface area (TPSA) is 85.4 Å². The summed E-state index contributed by atoms with van der Waals surface area (Å²) in [4.78, 5) is 23.7. The van der Waals surface area contributed by atoms with E-state index in [1.807, 2.05) is 30.3 Å². The van der Waals surface area contributed by atoms with Gasteiger partial charge in [-0.05, 0) is 61.4 Å². The molecule has 6 heteroatoms. The molecule has 4 atom stereocenters. The van der Waals surface area contributed by atoms with E-state index in [-0.39, 0.29) is 36.4 Å². The van der Waals surface area contributed by atoms with Crippen molar-refractivity contribution in [1.29, 1.82) is 0 Å². The second-order valence-electron chi connectivity index (χ2n) is 9.18. The Kier molecular flexibility index (Phi) is 10.4. The van der Waals surface area contributed by atoms with Crippen molar-refractivity contribution in [1.82, 2.24) is 0 Å². The van der Waals surface area contributed by atoms with Crippen LogP contribution < -0.4 is 4.74 Å². The van der Waals surface area contributed by atoms with Gasteiger partial charge in [-0.25, -0.2) is 0 Å². The van der Waals surface area contributed by atoms with E-state index < -0.39 is 5.97 Å². The number of benzene rings is 1. The lowest BCUT2D eigenvalue weighted by Crippen LogP contribution is -2.19. The number of hydrogen-bond donors (Lipinski definition) is 1. The van der Waals surface area contributed by atoms with Gasteiger partial charge in [0.15, 0.2) is 5.78 Å².